The lowest BCUT2D eigenvalue weighted by atomic mass is 9.98. The molecule has 0 heterocycles. The molecule has 9 heteroatoms. The number of rotatable bonds is 3. The summed E-state index contributed by atoms with van der Waals surface area (Å²) in [7, 11) is 0. The minimum absolute atomic E-state index is 0. The first-order valence-corrected chi connectivity index (χ1v) is 6.76. The Morgan fingerprint density at radius 1 is 1.09 bits per heavy atom. The molecule has 0 saturated carbocycles. The van der Waals surface area contributed by atoms with E-state index in [4.69, 9.17) is 5.73 Å². The van der Waals surface area contributed by atoms with Crippen molar-refractivity contribution in [3.63, 3.8) is 0 Å². The van der Waals surface area contributed by atoms with Crippen LogP contribution in [0.4, 0.5) is 17.6 Å². The Kier molecular flexibility index (Phi) is 6.26. The number of halogens is 6. The van der Waals surface area contributed by atoms with E-state index in [2.05, 4.69) is 20.7 Å². The zero-order valence-electron chi connectivity index (χ0n) is 11.3. The summed E-state index contributed by atoms with van der Waals surface area (Å²) >= 11 is 2.92. The van der Waals surface area contributed by atoms with Crippen LogP contribution in [0.5, 0.6) is 11.5 Å². The molecular formula is C14H11BrClF4NO2. The minimum atomic E-state index is -4.78. The van der Waals surface area contributed by atoms with E-state index in [9.17, 15) is 22.7 Å². The van der Waals surface area contributed by atoms with E-state index in [1.165, 1.54) is 24.3 Å². The molecule has 126 valence electrons. The van der Waals surface area contributed by atoms with Crippen LogP contribution in [0.1, 0.15) is 17.2 Å². The normalized spacial score (nSPS) is 12.4. The van der Waals surface area contributed by atoms with E-state index in [1.807, 2.05) is 0 Å². The number of phenolic OH excluding ortho intramolecular Hbond substituents is 1. The zero-order chi connectivity index (χ0) is 16.5. The van der Waals surface area contributed by atoms with Gasteiger partial charge in [-0.25, -0.2) is 4.39 Å². The Bertz CT molecular complexity index is 680. The highest BCUT2D eigenvalue weighted by Crippen LogP contribution is 2.34. The van der Waals surface area contributed by atoms with Gasteiger partial charge in [0.1, 0.15) is 5.75 Å². The van der Waals surface area contributed by atoms with E-state index in [1.54, 1.807) is 0 Å². The van der Waals surface area contributed by atoms with Crippen molar-refractivity contribution in [3.05, 3.63) is 57.8 Å². The summed E-state index contributed by atoms with van der Waals surface area (Å²) in [6, 6.07) is 6.71. The average Bonchev–Trinajstić information content (AvgIpc) is 2.43. The second-order valence-electron chi connectivity index (χ2n) is 4.39. The van der Waals surface area contributed by atoms with Gasteiger partial charge in [-0.1, -0.05) is 18.2 Å². The van der Waals surface area contributed by atoms with Crippen molar-refractivity contribution in [2.45, 2.75) is 12.4 Å². The van der Waals surface area contributed by atoms with Gasteiger partial charge in [-0.15, -0.1) is 25.6 Å². The molecule has 0 fully saturated rings. The molecule has 23 heavy (non-hydrogen) atoms. The highest BCUT2D eigenvalue weighted by Gasteiger charge is 2.31. The molecule has 0 saturated heterocycles. The van der Waals surface area contributed by atoms with Crippen molar-refractivity contribution in [2.75, 3.05) is 0 Å². The molecule has 0 bridgehead atoms. The fourth-order valence-corrected chi connectivity index (χ4v) is 2.18. The molecule has 3 nitrogen and oxygen atoms in total. The van der Waals surface area contributed by atoms with Gasteiger partial charge >= 0.3 is 6.36 Å². The third kappa shape index (κ3) is 4.73. The van der Waals surface area contributed by atoms with E-state index in [0.29, 0.717) is 5.56 Å². The molecular weight excluding hydrogens is 406 g/mol. The minimum Gasteiger partial charge on any atom is -0.505 e. The first kappa shape index (κ1) is 19.5. The van der Waals surface area contributed by atoms with Crippen LogP contribution in [0.25, 0.3) is 0 Å². The molecule has 2 aromatic carbocycles. The molecule has 1 atom stereocenters. The maximum absolute atomic E-state index is 13.6. The van der Waals surface area contributed by atoms with Crippen LogP contribution in [0, 0.1) is 5.82 Å². The molecule has 0 spiro atoms. The average molecular weight is 417 g/mol. The van der Waals surface area contributed by atoms with Gasteiger partial charge < -0.3 is 15.6 Å². The first-order chi connectivity index (χ1) is 10.2. The summed E-state index contributed by atoms with van der Waals surface area (Å²) in [5.41, 5.74) is 6.42. The number of aromatic hydroxyl groups is 1. The molecule has 0 aliphatic heterocycles. The van der Waals surface area contributed by atoms with Gasteiger partial charge in [0.05, 0.1) is 10.5 Å². The number of phenols is 1. The predicted molar refractivity (Wildman–Crippen MR) is 82.2 cm³/mol. The van der Waals surface area contributed by atoms with Gasteiger partial charge in [-0.05, 0) is 39.7 Å². The second-order valence-corrected chi connectivity index (χ2v) is 5.25. The largest absolute Gasteiger partial charge is 0.573 e. The standard InChI is InChI=1S/C14H10BrF4NO2.ClH/c15-10-6-5-9(13(21)11(10)16)12(20)7-1-3-8(4-2-7)22-14(17,18)19;/h1-6,12,21H,20H2;1H/t12-;/m1./s1. The Balaban J connectivity index is 0.00000264. The number of ether oxygens (including phenoxy) is 1. The predicted octanol–water partition coefficient (Wildman–Crippen LogP) is 4.66. The third-order valence-corrected chi connectivity index (χ3v) is 3.52. The number of benzene rings is 2. The Hall–Kier alpha value is -1.51. The van der Waals surface area contributed by atoms with Crippen molar-refractivity contribution in [1.82, 2.24) is 0 Å². The molecule has 2 aromatic rings. The molecule has 0 aliphatic rings. The Morgan fingerprint density at radius 2 is 1.65 bits per heavy atom. The SMILES string of the molecule is Cl.N[C@H](c1ccc(OC(F)(F)F)cc1)c1ccc(Br)c(F)c1O. The van der Waals surface area contributed by atoms with Crippen LogP contribution in [0.15, 0.2) is 40.9 Å². The van der Waals surface area contributed by atoms with Crippen molar-refractivity contribution < 1.29 is 27.4 Å². The molecule has 0 radical (unpaired) electrons. The van der Waals surface area contributed by atoms with Crippen LogP contribution in [-0.4, -0.2) is 11.5 Å². The lowest BCUT2D eigenvalue weighted by Crippen LogP contribution is -2.17. The summed E-state index contributed by atoms with van der Waals surface area (Å²) in [6.45, 7) is 0. The molecule has 2 rings (SSSR count). The van der Waals surface area contributed by atoms with Gasteiger partial charge in [-0.2, -0.15) is 0 Å². The number of hydrogen-bond acceptors (Lipinski definition) is 3. The summed E-state index contributed by atoms with van der Waals surface area (Å²) < 4.78 is 53.7. The van der Waals surface area contributed by atoms with Crippen molar-refractivity contribution >= 4 is 28.3 Å². The smallest absolute Gasteiger partial charge is 0.505 e. The monoisotopic (exact) mass is 415 g/mol. The Labute approximate surface area is 143 Å². The molecule has 0 unspecified atom stereocenters. The van der Waals surface area contributed by atoms with Gasteiger partial charge in [0.15, 0.2) is 11.6 Å². The van der Waals surface area contributed by atoms with Crippen molar-refractivity contribution in [2.24, 2.45) is 5.73 Å². The van der Waals surface area contributed by atoms with Crippen LogP contribution < -0.4 is 10.5 Å². The summed E-state index contributed by atoms with van der Waals surface area (Å²) in [5, 5.41) is 9.76. The van der Waals surface area contributed by atoms with Gasteiger partial charge in [0.25, 0.3) is 0 Å². The highest BCUT2D eigenvalue weighted by atomic mass is 79.9. The van der Waals surface area contributed by atoms with Crippen LogP contribution in [-0.2, 0) is 0 Å². The van der Waals surface area contributed by atoms with E-state index >= 15 is 0 Å². The Morgan fingerprint density at radius 3 is 2.17 bits per heavy atom. The van der Waals surface area contributed by atoms with Crippen LogP contribution in [0.3, 0.4) is 0 Å². The summed E-state index contributed by atoms with van der Waals surface area (Å²) in [4.78, 5) is 0. The van der Waals surface area contributed by atoms with Gasteiger partial charge in [0, 0.05) is 5.56 Å². The van der Waals surface area contributed by atoms with E-state index in [-0.39, 0.29) is 22.4 Å². The quantitative estimate of drug-likeness (QED) is 0.716. The number of alkyl halides is 3. The van der Waals surface area contributed by atoms with Crippen LogP contribution in [0.2, 0.25) is 0 Å². The van der Waals surface area contributed by atoms with Gasteiger partial charge in [0.2, 0.25) is 0 Å². The molecule has 0 amide bonds. The lowest BCUT2D eigenvalue weighted by Gasteiger charge is -2.16. The fourth-order valence-electron chi connectivity index (χ4n) is 1.86. The van der Waals surface area contributed by atoms with Crippen molar-refractivity contribution in [3.8, 4) is 11.5 Å². The summed E-state index contributed by atoms with van der Waals surface area (Å²) in [5.74, 6) is -1.86. The van der Waals surface area contributed by atoms with Crippen molar-refractivity contribution in [1.29, 1.82) is 0 Å². The first-order valence-electron chi connectivity index (χ1n) is 5.97. The maximum atomic E-state index is 13.6. The van der Waals surface area contributed by atoms with Gasteiger partial charge in [-0.3, -0.25) is 0 Å². The third-order valence-electron chi connectivity index (χ3n) is 2.91. The number of hydrogen-bond donors (Lipinski definition) is 2. The number of nitrogens with two attached hydrogens (primary N) is 1. The summed E-state index contributed by atoms with van der Waals surface area (Å²) in [6.07, 6.45) is -4.78. The fraction of sp³-hybridized carbons (Fsp3) is 0.143. The van der Waals surface area contributed by atoms with E-state index < -0.39 is 29.7 Å². The maximum Gasteiger partial charge on any atom is 0.573 e. The highest BCUT2D eigenvalue weighted by molar-refractivity contribution is 9.10. The molecule has 0 aromatic heterocycles. The molecule has 3 N–H and O–H groups in total. The van der Waals surface area contributed by atoms with Crippen LogP contribution >= 0.6 is 28.3 Å². The molecule has 0 aliphatic carbocycles. The second kappa shape index (κ2) is 7.37. The zero-order valence-corrected chi connectivity index (χ0v) is 13.7. The lowest BCUT2D eigenvalue weighted by molar-refractivity contribution is -0.274. The topological polar surface area (TPSA) is 55.5 Å². The van der Waals surface area contributed by atoms with E-state index in [0.717, 1.165) is 12.1 Å².